The van der Waals surface area contributed by atoms with Gasteiger partial charge >= 0.3 is 6.18 Å². The zero-order valence-electron chi connectivity index (χ0n) is 16.9. The Bertz CT molecular complexity index is 835. The highest BCUT2D eigenvalue weighted by molar-refractivity contribution is 5.80. The van der Waals surface area contributed by atoms with E-state index in [0.717, 1.165) is 35.5 Å². The van der Waals surface area contributed by atoms with E-state index in [1.807, 2.05) is 18.7 Å². The van der Waals surface area contributed by atoms with E-state index < -0.39 is 11.7 Å². The number of hydrogen-bond acceptors (Lipinski definition) is 4. The van der Waals surface area contributed by atoms with Gasteiger partial charge in [-0.15, -0.1) is 0 Å². The number of aromatic nitrogens is 1. The summed E-state index contributed by atoms with van der Waals surface area (Å²) in [5.74, 6) is 1.62. The molecule has 0 radical (unpaired) electrons. The molecule has 0 bridgehead atoms. The first-order chi connectivity index (χ1) is 13.8. The molecule has 0 unspecified atom stereocenters. The van der Waals surface area contributed by atoms with Crippen molar-refractivity contribution in [1.82, 2.24) is 15.4 Å². The quantitative estimate of drug-likeness (QED) is 0.621. The number of nitrogens with zero attached hydrogens (tertiary/aromatic N) is 4. The van der Waals surface area contributed by atoms with Gasteiger partial charge < -0.3 is 19.6 Å². The molecule has 9 heteroatoms. The van der Waals surface area contributed by atoms with Crippen LogP contribution in [0.4, 0.5) is 18.9 Å². The van der Waals surface area contributed by atoms with Crippen LogP contribution in [0, 0.1) is 13.8 Å². The summed E-state index contributed by atoms with van der Waals surface area (Å²) in [4.78, 5) is 8.44. The van der Waals surface area contributed by atoms with Gasteiger partial charge in [0.2, 0.25) is 0 Å². The second-order valence-corrected chi connectivity index (χ2v) is 7.05. The summed E-state index contributed by atoms with van der Waals surface area (Å²) in [6, 6.07) is 5.50. The zero-order valence-corrected chi connectivity index (χ0v) is 16.9. The topological polar surface area (TPSA) is 56.9 Å². The molecule has 0 saturated carbocycles. The van der Waals surface area contributed by atoms with Crippen LogP contribution in [0.5, 0.6) is 0 Å². The summed E-state index contributed by atoms with van der Waals surface area (Å²) < 4.78 is 44.1. The Labute approximate surface area is 168 Å². The molecule has 1 aromatic carbocycles. The number of aryl methyl sites for hydroxylation is 2. The van der Waals surface area contributed by atoms with E-state index in [1.54, 1.807) is 13.1 Å². The molecule has 2 aromatic rings. The van der Waals surface area contributed by atoms with Crippen LogP contribution in [-0.4, -0.2) is 55.8 Å². The number of piperazine rings is 1. The minimum Gasteiger partial charge on any atom is -0.368 e. The van der Waals surface area contributed by atoms with Gasteiger partial charge in [-0.3, -0.25) is 4.99 Å². The fourth-order valence-corrected chi connectivity index (χ4v) is 3.55. The van der Waals surface area contributed by atoms with Gasteiger partial charge in [0, 0.05) is 51.0 Å². The van der Waals surface area contributed by atoms with Crippen molar-refractivity contribution >= 4 is 11.6 Å². The molecule has 2 heterocycles. The number of alkyl halides is 3. The van der Waals surface area contributed by atoms with E-state index in [9.17, 15) is 13.2 Å². The first kappa shape index (κ1) is 21.0. The van der Waals surface area contributed by atoms with Crippen molar-refractivity contribution in [2.45, 2.75) is 26.4 Å². The number of benzene rings is 1. The maximum absolute atomic E-state index is 13.0. The van der Waals surface area contributed by atoms with E-state index in [1.165, 1.54) is 12.1 Å². The van der Waals surface area contributed by atoms with Gasteiger partial charge in [-0.1, -0.05) is 11.2 Å². The fourth-order valence-electron chi connectivity index (χ4n) is 3.55. The van der Waals surface area contributed by atoms with E-state index >= 15 is 0 Å². The maximum Gasteiger partial charge on any atom is 0.416 e. The normalized spacial score (nSPS) is 15.7. The first-order valence-corrected chi connectivity index (χ1v) is 9.59. The van der Waals surface area contributed by atoms with Gasteiger partial charge in [0.25, 0.3) is 0 Å². The lowest BCUT2D eigenvalue weighted by Gasteiger charge is -2.37. The maximum atomic E-state index is 13.0. The highest BCUT2D eigenvalue weighted by Gasteiger charge is 2.31. The Morgan fingerprint density at radius 2 is 1.93 bits per heavy atom. The van der Waals surface area contributed by atoms with Crippen molar-refractivity contribution in [3.05, 3.63) is 46.8 Å². The molecule has 1 fully saturated rings. The predicted octanol–water partition coefficient (Wildman–Crippen LogP) is 3.25. The van der Waals surface area contributed by atoms with Crippen molar-refractivity contribution < 1.29 is 17.7 Å². The number of anilines is 1. The summed E-state index contributed by atoms with van der Waals surface area (Å²) in [6.45, 7) is 7.15. The Balaban J connectivity index is 1.54. The molecular weight excluding hydrogens is 383 g/mol. The monoisotopic (exact) mass is 409 g/mol. The molecule has 1 aliphatic rings. The summed E-state index contributed by atoms with van der Waals surface area (Å²) >= 11 is 0. The molecule has 0 spiro atoms. The van der Waals surface area contributed by atoms with Crippen molar-refractivity contribution in [3.8, 4) is 0 Å². The largest absolute Gasteiger partial charge is 0.416 e. The van der Waals surface area contributed by atoms with Gasteiger partial charge in [0.1, 0.15) is 5.76 Å². The average molecular weight is 409 g/mol. The highest BCUT2D eigenvalue weighted by Crippen LogP contribution is 2.31. The molecule has 1 N–H and O–H groups in total. The molecular formula is C20H26F3N5O. The molecule has 0 atom stereocenters. The minimum atomic E-state index is -4.33. The molecule has 1 aliphatic heterocycles. The molecule has 29 heavy (non-hydrogen) atoms. The molecule has 158 valence electrons. The standard InChI is InChI=1S/C20H26F3N5O/c1-14-18(15(2)29-26-14)7-8-25-19(24-3)28-11-9-27(10-12-28)17-6-4-5-16(13-17)20(21,22)23/h4-6,13H,7-12H2,1-3H3,(H,24,25). The van der Waals surface area contributed by atoms with Crippen molar-refractivity contribution in [2.24, 2.45) is 4.99 Å². The summed E-state index contributed by atoms with van der Waals surface area (Å²) in [5.41, 5.74) is 1.98. The van der Waals surface area contributed by atoms with Crippen molar-refractivity contribution in [3.63, 3.8) is 0 Å². The van der Waals surface area contributed by atoms with Crippen molar-refractivity contribution in [1.29, 1.82) is 0 Å². The Morgan fingerprint density at radius 1 is 1.21 bits per heavy atom. The first-order valence-electron chi connectivity index (χ1n) is 9.59. The number of halogens is 3. The molecule has 0 amide bonds. The number of hydrogen-bond donors (Lipinski definition) is 1. The number of rotatable bonds is 4. The van der Waals surface area contributed by atoms with Gasteiger partial charge in [-0.05, 0) is 38.5 Å². The predicted molar refractivity (Wildman–Crippen MR) is 106 cm³/mol. The van der Waals surface area contributed by atoms with E-state index in [-0.39, 0.29) is 0 Å². The van der Waals surface area contributed by atoms with Crippen LogP contribution in [0.25, 0.3) is 0 Å². The molecule has 3 rings (SSSR count). The van der Waals surface area contributed by atoms with Gasteiger partial charge in [-0.25, -0.2) is 0 Å². The Morgan fingerprint density at radius 3 is 2.52 bits per heavy atom. The third-order valence-corrected chi connectivity index (χ3v) is 5.17. The van der Waals surface area contributed by atoms with Crippen LogP contribution < -0.4 is 10.2 Å². The van der Waals surface area contributed by atoms with Gasteiger partial charge in [0.05, 0.1) is 11.3 Å². The smallest absolute Gasteiger partial charge is 0.368 e. The lowest BCUT2D eigenvalue weighted by atomic mass is 10.1. The third-order valence-electron chi connectivity index (χ3n) is 5.17. The number of nitrogens with one attached hydrogen (secondary N) is 1. The number of aliphatic imine (C=N–C) groups is 1. The molecule has 1 aromatic heterocycles. The van der Waals surface area contributed by atoms with E-state index in [2.05, 4.69) is 20.4 Å². The average Bonchev–Trinajstić information content (AvgIpc) is 3.03. The molecule has 0 aliphatic carbocycles. The van der Waals surface area contributed by atoms with Crippen LogP contribution in [0.1, 0.15) is 22.6 Å². The second-order valence-electron chi connectivity index (χ2n) is 7.05. The zero-order chi connectivity index (χ0) is 21.0. The van der Waals surface area contributed by atoms with Crippen LogP contribution in [0.2, 0.25) is 0 Å². The Kier molecular flexibility index (Phi) is 6.34. The SMILES string of the molecule is CN=C(NCCc1c(C)noc1C)N1CCN(c2cccc(C(F)(F)F)c2)CC1. The van der Waals surface area contributed by atoms with E-state index in [0.29, 0.717) is 38.4 Å². The van der Waals surface area contributed by atoms with Crippen LogP contribution in [0.15, 0.2) is 33.8 Å². The summed E-state index contributed by atoms with van der Waals surface area (Å²) in [7, 11) is 1.73. The minimum absolute atomic E-state index is 0.598. The molecule has 6 nitrogen and oxygen atoms in total. The third kappa shape index (κ3) is 5.02. The van der Waals surface area contributed by atoms with E-state index in [4.69, 9.17) is 4.52 Å². The molecule has 1 saturated heterocycles. The van der Waals surface area contributed by atoms with Gasteiger partial charge in [-0.2, -0.15) is 13.2 Å². The summed E-state index contributed by atoms with van der Waals surface area (Å²) in [5, 5.41) is 7.32. The van der Waals surface area contributed by atoms with Gasteiger partial charge in [0.15, 0.2) is 5.96 Å². The highest BCUT2D eigenvalue weighted by atomic mass is 19.4. The van der Waals surface area contributed by atoms with Crippen LogP contribution >= 0.6 is 0 Å². The Hall–Kier alpha value is -2.71. The summed E-state index contributed by atoms with van der Waals surface area (Å²) in [6.07, 6.45) is -3.55. The fraction of sp³-hybridized carbons (Fsp3) is 0.500. The second kappa shape index (κ2) is 8.75. The lowest BCUT2D eigenvalue weighted by Crippen LogP contribution is -2.52. The number of guanidine groups is 1. The van der Waals surface area contributed by atoms with Crippen molar-refractivity contribution in [2.75, 3.05) is 44.7 Å². The van der Waals surface area contributed by atoms with Crippen LogP contribution in [0.3, 0.4) is 0 Å². The van der Waals surface area contributed by atoms with Crippen LogP contribution in [-0.2, 0) is 12.6 Å². The lowest BCUT2D eigenvalue weighted by molar-refractivity contribution is -0.137.